The third-order valence-corrected chi connectivity index (χ3v) is 2.49. The lowest BCUT2D eigenvalue weighted by Crippen LogP contribution is -2.07. The van der Waals surface area contributed by atoms with Crippen molar-refractivity contribution in [3.05, 3.63) is 48.3 Å². The molecule has 0 unspecified atom stereocenters. The fourth-order valence-electron chi connectivity index (χ4n) is 1.70. The maximum atomic E-state index is 13.1. The van der Waals surface area contributed by atoms with Crippen LogP contribution in [0.5, 0.6) is 5.75 Å². The molecule has 0 fully saturated rings. The van der Waals surface area contributed by atoms with Crippen LogP contribution >= 0.6 is 0 Å². The number of hydrogen-bond donors (Lipinski definition) is 2. The van der Waals surface area contributed by atoms with Crippen molar-refractivity contribution in [2.75, 3.05) is 11.1 Å². The highest BCUT2D eigenvalue weighted by Gasteiger charge is 2.05. The van der Waals surface area contributed by atoms with E-state index in [4.69, 9.17) is 10.5 Å². The number of anilines is 3. The minimum Gasteiger partial charge on any atom is -0.489 e. The molecule has 0 saturated heterocycles. The summed E-state index contributed by atoms with van der Waals surface area (Å²) in [5.74, 6) is 0.343. The van der Waals surface area contributed by atoms with Gasteiger partial charge in [-0.3, -0.25) is 0 Å². The van der Waals surface area contributed by atoms with Crippen molar-refractivity contribution in [3.8, 4) is 5.75 Å². The molecule has 0 bridgehead atoms. The van der Waals surface area contributed by atoms with Crippen molar-refractivity contribution in [2.45, 2.75) is 20.0 Å². The van der Waals surface area contributed by atoms with E-state index in [1.807, 2.05) is 19.9 Å². The predicted octanol–water partition coefficient (Wildman–Crippen LogP) is 3.94. The number of nitrogens with two attached hydrogens (primary N) is 1. The van der Waals surface area contributed by atoms with Crippen molar-refractivity contribution in [2.24, 2.45) is 0 Å². The van der Waals surface area contributed by atoms with Crippen LogP contribution < -0.4 is 15.8 Å². The van der Waals surface area contributed by atoms with Gasteiger partial charge in [0.25, 0.3) is 0 Å². The molecule has 2 aromatic carbocycles. The first kappa shape index (κ1) is 13.2. The second-order valence-electron chi connectivity index (χ2n) is 4.55. The number of rotatable bonds is 4. The number of nitrogen functional groups attached to an aromatic ring is 1. The van der Waals surface area contributed by atoms with E-state index in [-0.39, 0.29) is 11.9 Å². The lowest BCUT2D eigenvalue weighted by atomic mass is 10.2. The Kier molecular flexibility index (Phi) is 3.90. The van der Waals surface area contributed by atoms with Gasteiger partial charge in [0.15, 0.2) is 0 Å². The van der Waals surface area contributed by atoms with Crippen LogP contribution in [0.2, 0.25) is 0 Å². The summed E-state index contributed by atoms with van der Waals surface area (Å²) in [5.41, 5.74) is 7.91. The fraction of sp³-hybridized carbons (Fsp3) is 0.200. The summed E-state index contributed by atoms with van der Waals surface area (Å²) in [7, 11) is 0. The van der Waals surface area contributed by atoms with Crippen LogP contribution in [0, 0.1) is 5.82 Å². The van der Waals surface area contributed by atoms with Gasteiger partial charge < -0.3 is 15.8 Å². The molecule has 0 atom stereocenters. The molecule has 3 N–H and O–H groups in total. The molecule has 0 spiro atoms. The van der Waals surface area contributed by atoms with E-state index >= 15 is 0 Å². The Labute approximate surface area is 112 Å². The number of benzene rings is 2. The first-order chi connectivity index (χ1) is 9.04. The van der Waals surface area contributed by atoms with E-state index in [0.717, 1.165) is 5.69 Å². The summed E-state index contributed by atoms with van der Waals surface area (Å²) in [5, 5.41) is 3.11. The largest absolute Gasteiger partial charge is 0.489 e. The summed E-state index contributed by atoms with van der Waals surface area (Å²) in [4.78, 5) is 0. The highest BCUT2D eigenvalue weighted by atomic mass is 19.1. The SMILES string of the molecule is CC(C)Oc1cc(Nc2cccc(F)c2)ccc1N. The molecule has 3 nitrogen and oxygen atoms in total. The van der Waals surface area contributed by atoms with Gasteiger partial charge in [-0.05, 0) is 44.2 Å². The first-order valence-corrected chi connectivity index (χ1v) is 6.13. The van der Waals surface area contributed by atoms with Crippen LogP contribution in [0.15, 0.2) is 42.5 Å². The van der Waals surface area contributed by atoms with Crippen LogP contribution in [0.25, 0.3) is 0 Å². The number of ether oxygens (including phenoxy) is 1. The highest BCUT2D eigenvalue weighted by Crippen LogP contribution is 2.28. The molecule has 100 valence electrons. The van der Waals surface area contributed by atoms with Crippen molar-refractivity contribution in [1.29, 1.82) is 0 Å². The highest BCUT2D eigenvalue weighted by molar-refractivity contribution is 5.66. The standard InChI is InChI=1S/C15H17FN2O/c1-10(2)19-15-9-13(6-7-14(15)17)18-12-5-3-4-11(16)8-12/h3-10,18H,17H2,1-2H3. The first-order valence-electron chi connectivity index (χ1n) is 6.13. The van der Waals surface area contributed by atoms with Gasteiger partial charge in [-0.25, -0.2) is 4.39 Å². The number of halogens is 1. The van der Waals surface area contributed by atoms with E-state index in [2.05, 4.69) is 5.32 Å². The molecule has 0 aliphatic rings. The quantitative estimate of drug-likeness (QED) is 0.818. The Morgan fingerprint density at radius 1 is 1.11 bits per heavy atom. The molecule has 4 heteroatoms. The van der Waals surface area contributed by atoms with Crippen LogP contribution in [0.1, 0.15) is 13.8 Å². The second-order valence-corrected chi connectivity index (χ2v) is 4.55. The summed E-state index contributed by atoms with van der Waals surface area (Å²) < 4.78 is 18.7. The molecule has 0 aliphatic carbocycles. The van der Waals surface area contributed by atoms with E-state index in [1.165, 1.54) is 12.1 Å². The molecular weight excluding hydrogens is 243 g/mol. The Morgan fingerprint density at radius 3 is 2.53 bits per heavy atom. The van der Waals surface area contributed by atoms with Crippen LogP contribution in [-0.4, -0.2) is 6.10 Å². The monoisotopic (exact) mass is 260 g/mol. The van der Waals surface area contributed by atoms with Gasteiger partial charge in [-0.1, -0.05) is 6.07 Å². The molecule has 0 radical (unpaired) electrons. The zero-order valence-corrected chi connectivity index (χ0v) is 11.0. The predicted molar refractivity (Wildman–Crippen MR) is 76.3 cm³/mol. The number of nitrogens with one attached hydrogen (secondary N) is 1. The van der Waals surface area contributed by atoms with Gasteiger partial charge in [0, 0.05) is 17.4 Å². The zero-order valence-electron chi connectivity index (χ0n) is 11.0. The molecule has 19 heavy (non-hydrogen) atoms. The van der Waals surface area contributed by atoms with E-state index in [9.17, 15) is 4.39 Å². The minimum absolute atomic E-state index is 0.0479. The van der Waals surface area contributed by atoms with Gasteiger partial charge >= 0.3 is 0 Å². The van der Waals surface area contributed by atoms with Crippen LogP contribution in [-0.2, 0) is 0 Å². The average molecular weight is 260 g/mol. The molecular formula is C15H17FN2O. The van der Waals surface area contributed by atoms with E-state index in [0.29, 0.717) is 17.1 Å². The summed E-state index contributed by atoms with van der Waals surface area (Å²) >= 11 is 0. The van der Waals surface area contributed by atoms with Gasteiger partial charge in [-0.15, -0.1) is 0 Å². The Hall–Kier alpha value is -2.23. The van der Waals surface area contributed by atoms with Crippen LogP contribution in [0.3, 0.4) is 0 Å². The lowest BCUT2D eigenvalue weighted by molar-refractivity contribution is 0.244. The fourth-order valence-corrected chi connectivity index (χ4v) is 1.70. The van der Waals surface area contributed by atoms with E-state index < -0.39 is 0 Å². The Balaban J connectivity index is 2.21. The van der Waals surface area contributed by atoms with Crippen molar-refractivity contribution < 1.29 is 9.13 Å². The Bertz CT molecular complexity index is 570. The molecule has 0 amide bonds. The average Bonchev–Trinajstić information content (AvgIpc) is 2.33. The van der Waals surface area contributed by atoms with Gasteiger partial charge in [0.2, 0.25) is 0 Å². The van der Waals surface area contributed by atoms with E-state index in [1.54, 1.807) is 24.3 Å². The molecule has 0 heterocycles. The molecule has 2 aromatic rings. The smallest absolute Gasteiger partial charge is 0.144 e. The van der Waals surface area contributed by atoms with Gasteiger partial charge in [-0.2, -0.15) is 0 Å². The Morgan fingerprint density at radius 2 is 1.84 bits per heavy atom. The lowest BCUT2D eigenvalue weighted by Gasteiger charge is -2.14. The molecule has 0 aliphatic heterocycles. The van der Waals surface area contributed by atoms with Crippen LogP contribution in [0.4, 0.5) is 21.5 Å². The number of hydrogen-bond acceptors (Lipinski definition) is 3. The second kappa shape index (κ2) is 5.61. The molecule has 0 aromatic heterocycles. The zero-order chi connectivity index (χ0) is 13.8. The molecule has 2 rings (SSSR count). The topological polar surface area (TPSA) is 47.3 Å². The minimum atomic E-state index is -0.279. The summed E-state index contributed by atoms with van der Waals surface area (Å²) in [6, 6.07) is 11.7. The van der Waals surface area contributed by atoms with Crippen molar-refractivity contribution >= 4 is 17.1 Å². The third-order valence-electron chi connectivity index (χ3n) is 2.49. The van der Waals surface area contributed by atoms with Crippen molar-refractivity contribution in [1.82, 2.24) is 0 Å². The van der Waals surface area contributed by atoms with Gasteiger partial charge in [0.05, 0.1) is 11.8 Å². The third kappa shape index (κ3) is 3.61. The molecule has 0 saturated carbocycles. The maximum Gasteiger partial charge on any atom is 0.144 e. The van der Waals surface area contributed by atoms with Crippen molar-refractivity contribution in [3.63, 3.8) is 0 Å². The normalized spacial score (nSPS) is 10.5. The summed E-state index contributed by atoms with van der Waals surface area (Å²) in [6.07, 6.45) is 0.0479. The summed E-state index contributed by atoms with van der Waals surface area (Å²) in [6.45, 7) is 3.87. The van der Waals surface area contributed by atoms with Gasteiger partial charge in [0.1, 0.15) is 11.6 Å². The maximum absolute atomic E-state index is 13.1.